The Hall–Kier alpha value is -2.04. The molecule has 2 amide bonds. The standard InChI is InChI=1S/C16H22N2O3/c1-2-18(11-12-8-9-12)16(21)17-10-14(15(19)20)13-6-4-3-5-7-13/h3-7,12,14H,2,8-11H2,1H3,(H,17,21)(H,19,20). The minimum Gasteiger partial charge on any atom is -0.481 e. The molecule has 1 aliphatic carbocycles. The van der Waals surface area contributed by atoms with Gasteiger partial charge in [0.1, 0.15) is 0 Å². The molecule has 0 heterocycles. The SMILES string of the molecule is CCN(CC1CC1)C(=O)NCC(C(=O)O)c1ccccc1. The van der Waals surface area contributed by atoms with Crippen LogP contribution in [0.3, 0.4) is 0 Å². The number of aliphatic carboxylic acids is 1. The fourth-order valence-corrected chi connectivity index (χ4v) is 2.30. The molecule has 1 unspecified atom stereocenters. The molecule has 2 rings (SSSR count). The summed E-state index contributed by atoms with van der Waals surface area (Å²) in [4.78, 5) is 25.2. The summed E-state index contributed by atoms with van der Waals surface area (Å²) in [6.45, 7) is 3.46. The van der Waals surface area contributed by atoms with Gasteiger partial charge in [0.05, 0.1) is 5.92 Å². The number of nitrogens with zero attached hydrogens (tertiary/aromatic N) is 1. The van der Waals surface area contributed by atoms with E-state index in [0.717, 1.165) is 6.54 Å². The van der Waals surface area contributed by atoms with E-state index in [2.05, 4.69) is 5.32 Å². The van der Waals surface area contributed by atoms with Crippen LogP contribution in [0.15, 0.2) is 30.3 Å². The lowest BCUT2D eigenvalue weighted by molar-refractivity contribution is -0.138. The normalized spacial score (nSPS) is 15.3. The maximum Gasteiger partial charge on any atom is 0.317 e. The Morgan fingerprint density at radius 3 is 2.52 bits per heavy atom. The number of carbonyl (C=O) groups is 2. The molecule has 5 heteroatoms. The van der Waals surface area contributed by atoms with E-state index in [0.29, 0.717) is 18.0 Å². The van der Waals surface area contributed by atoms with E-state index in [-0.39, 0.29) is 12.6 Å². The van der Waals surface area contributed by atoms with Crippen molar-refractivity contribution in [3.05, 3.63) is 35.9 Å². The molecule has 1 aromatic rings. The molecule has 5 nitrogen and oxygen atoms in total. The van der Waals surface area contributed by atoms with E-state index < -0.39 is 11.9 Å². The molecule has 0 saturated heterocycles. The van der Waals surface area contributed by atoms with Crippen molar-refractivity contribution in [1.82, 2.24) is 10.2 Å². The molecule has 2 N–H and O–H groups in total. The van der Waals surface area contributed by atoms with E-state index in [1.807, 2.05) is 13.0 Å². The summed E-state index contributed by atoms with van der Waals surface area (Å²) in [5.74, 6) is -1.01. The number of carboxylic acid groups (broad SMARTS) is 1. The first kappa shape index (κ1) is 15.4. The first-order chi connectivity index (χ1) is 10.1. The third-order valence-electron chi connectivity index (χ3n) is 3.80. The zero-order valence-corrected chi connectivity index (χ0v) is 12.3. The topological polar surface area (TPSA) is 69.6 Å². The van der Waals surface area contributed by atoms with Gasteiger partial charge in [-0.1, -0.05) is 30.3 Å². The molecule has 114 valence electrons. The first-order valence-electron chi connectivity index (χ1n) is 7.42. The number of carboxylic acids is 1. The Morgan fingerprint density at radius 1 is 1.33 bits per heavy atom. The Morgan fingerprint density at radius 2 is 2.00 bits per heavy atom. The van der Waals surface area contributed by atoms with Crippen molar-refractivity contribution in [3.8, 4) is 0 Å². The van der Waals surface area contributed by atoms with Crippen LogP contribution in [0.2, 0.25) is 0 Å². The van der Waals surface area contributed by atoms with E-state index in [4.69, 9.17) is 0 Å². The van der Waals surface area contributed by atoms with Gasteiger partial charge in [-0.3, -0.25) is 4.79 Å². The Balaban J connectivity index is 1.91. The quantitative estimate of drug-likeness (QED) is 0.809. The second-order valence-electron chi connectivity index (χ2n) is 5.47. The second-order valence-corrected chi connectivity index (χ2v) is 5.47. The summed E-state index contributed by atoms with van der Waals surface area (Å²) in [7, 11) is 0. The fourth-order valence-electron chi connectivity index (χ4n) is 2.30. The summed E-state index contributed by atoms with van der Waals surface area (Å²) < 4.78 is 0. The molecule has 1 aromatic carbocycles. The van der Waals surface area contributed by atoms with E-state index in [1.54, 1.807) is 29.2 Å². The second kappa shape index (κ2) is 7.11. The first-order valence-corrected chi connectivity index (χ1v) is 7.42. The highest BCUT2D eigenvalue weighted by atomic mass is 16.4. The van der Waals surface area contributed by atoms with Gasteiger partial charge in [0.25, 0.3) is 0 Å². The summed E-state index contributed by atoms with van der Waals surface area (Å²) >= 11 is 0. The lowest BCUT2D eigenvalue weighted by atomic mass is 9.99. The zero-order valence-electron chi connectivity index (χ0n) is 12.3. The Kier molecular flexibility index (Phi) is 5.20. The number of hydrogen-bond donors (Lipinski definition) is 2. The van der Waals surface area contributed by atoms with Crippen molar-refractivity contribution in [1.29, 1.82) is 0 Å². The monoisotopic (exact) mass is 290 g/mol. The molecule has 0 aromatic heterocycles. The highest BCUT2D eigenvalue weighted by Crippen LogP contribution is 2.29. The van der Waals surface area contributed by atoms with Crippen LogP contribution < -0.4 is 5.32 Å². The van der Waals surface area contributed by atoms with Gasteiger partial charge in [0.15, 0.2) is 0 Å². The number of carbonyl (C=O) groups excluding carboxylic acids is 1. The number of amides is 2. The van der Waals surface area contributed by atoms with Crippen molar-refractivity contribution >= 4 is 12.0 Å². The zero-order chi connectivity index (χ0) is 15.2. The minimum atomic E-state index is -0.924. The third kappa shape index (κ3) is 4.48. The van der Waals surface area contributed by atoms with E-state index in [9.17, 15) is 14.7 Å². The van der Waals surface area contributed by atoms with Gasteiger partial charge in [-0.25, -0.2) is 4.79 Å². The molecule has 0 aliphatic heterocycles. The molecular weight excluding hydrogens is 268 g/mol. The van der Waals surface area contributed by atoms with Crippen molar-refractivity contribution in [2.45, 2.75) is 25.7 Å². The average Bonchev–Trinajstić information content (AvgIpc) is 3.29. The van der Waals surface area contributed by atoms with Crippen molar-refractivity contribution in [2.24, 2.45) is 5.92 Å². The van der Waals surface area contributed by atoms with Gasteiger partial charge in [-0.05, 0) is 31.2 Å². The van der Waals surface area contributed by atoms with Crippen LogP contribution in [0.1, 0.15) is 31.2 Å². The summed E-state index contributed by atoms with van der Waals surface area (Å²) in [6.07, 6.45) is 2.37. The molecule has 0 radical (unpaired) electrons. The lowest BCUT2D eigenvalue weighted by Crippen LogP contribution is -2.43. The molecule has 0 spiro atoms. The Labute approximate surface area is 125 Å². The van der Waals surface area contributed by atoms with Crippen LogP contribution in [-0.2, 0) is 4.79 Å². The van der Waals surface area contributed by atoms with Crippen LogP contribution in [0.4, 0.5) is 4.79 Å². The van der Waals surface area contributed by atoms with Gasteiger partial charge in [0.2, 0.25) is 0 Å². The van der Waals surface area contributed by atoms with Crippen LogP contribution in [0.25, 0.3) is 0 Å². The number of urea groups is 1. The van der Waals surface area contributed by atoms with Gasteiger partial charge >= 0.3 is 12.0 Å². The van der Waals surface area contributed by atoms with Gasteiger partial charge < -0.3 is 15.3 Å². The lowest BCUT2D eigenvalue weighted by Gasteiger charge is -2.22. The molecule has 21 heavy (non-hydrogen) atoms. The molecule has 0 bridgehead atoms. The van der Waals surface area contributed by atoms with Crippen LogP contribution in [0.5, 0.6) is 0 Å². The number of hydrogen-bond acceptors (Lipinski definition) is 2. The van der Waals surface area contributed by atoms with Crippen LogP contribution in [0, 0.1) is 5.92 Å². The molecule has 1 atom stereocenters. The third-order valence-corrected chi connectivity index (χ3v) is 3.80. The highest BCUT2D eigenvalue weighted by Gasteiger charge is 2.27. The highest BCUT2D eigenvalue weighted by molar-refractivity contribution is 5.79. The molecule has 1 fully saturated rings. The smallest absolute Gasteiger partial charge is 0.317 e. The predicted molar refractivity (Wildman–Crippen MR) is 80.2 cm³/mol. The minimum absolute atomic E-state index is 0.110. The van der Waals surface area contributed by atoms with Crippen LogP contribution >= 0.6 is 0 Å². The van der Waals surface area contributed by atoms with Crippen LogP contribution in [-0.4, -0.2) is 41.6 Å². The van der Waals surface area contributed by atoms with E-state index in [1.165, 1.54) is 12.8 Å². The Bertz CT molecular complexity index is 486. The maximum atomic E-state index is 12.1. The average molecular weight is 290 g/mol. The predicted octanol–water partition coefficient (Wildman–Crippen LogP) is 2.30. The van der Waals surface area contributed by atoms with Crippen molar-refractivity contribution < 1.29 is 14.7 Å². The molecule has 1 saturated carbocycles. The number of rotatable bonds is 7. The fraction of sp³-hybridized carbons (Fsp3) is 0.500. The van der Waals surface area contributed by atoms with Crippen molar-refractivity contribution in [2.75, 3.05) is 19.6 Å². The summed E-state index contributed by atoms with van der Waals surface area (Å²) in [6, 6.07) is 8.82. The largest absolute Gasteiger partial charge is 0.481 e. The van der Waals surface area contributed by atoms with Crippen molar-refractivity contribution in [3.63, 3.8) is 0 Å². The summed E-state index contributed by atoms with van der Waals surface area (Å²) in [5.41, 5.74) is 0.704. The van der Waals surface area contributed by atoms with Gasteiger partial charge in [0, 0.05) is 19.6 Å². The number of nitrogens with one attached hydrogen (secondary N) is 1. The van der Waals surface area contributed by atoms with Gasteiger partial charge in [-0.2, -0.15) is 0 Å². The van der Waals surface area contributed by atoms with Gasteiger partial charge in [-0.15, -0.1) is 0 Å². The maximum absolute atomic E-state index is 12.1. The molecule has 1 aliphatic rings. The number of benzene rings is 1. The van der Waals surface area contributed by atoms with E-state index >= 15 is 0 Å². The summed E-state index contributed by atoms with van der Waals surface area (Å²) in [5, 5.41) is 12.1. The molecular formula is C16H22N2O3.